The number of rotatable bonds is 10. The molecule has 0 atom stereocenters. The summed E-state index contributed by atoms with van der Waals surface area (Å²) in [6, 6.07) is 26.3. The smallest absolute Gasteiger partial charge is 0.255 e. The molecule has 0 aliphatic heterocycles. The van der Waals surface area contributed by atoms with Crippen molar-refractivity contribution in [2.45, 2.75) is 11.3 Å². The third kappa shape index (κ3) is 6.32. The summed E-state index contributed by atoms with van der Waals surface area (Å²) in [5.41, 5.74) is 3.78. The van der Waals surface area contributed by atoms with E-state index in [1.165, 1.54) is 25.5 Å². The summed E-state index contributed by atoms with van der Waals surface area (Å²) in [4.78, 5) is 12.8. The summed E-state index contributed by atoms with van der Waals surface area (Å²) in [6.45, 7) is -0.334. The highest BCUT2D eigenvalue weighted by molar-refractivity contribution is 7.89. The molecule has 0 unspecified atom stereocenters. The molecular formula is C28H27N3O5S. The van der Waals surface area contributed by atoms with Crippen molar-refractivity contribution in [3.8, 4) is 11.5 Å². The van der Waals surface area contributed by atoms with Crippen molar-refractivity contribution >= 4 is 32.9 Å². The van der Waals surface area contributed by atoms with E-state index >= 15 is 0 Å². The molecule has 0 spiro atoms. The summed E-state index contributed by atoms with van der Waals surface area (Å²) in [7, 11) is -2.48. The van der Waals surface area contributed by atoms with Crippen LogP contribution in [0.1, 0.15) is 11.1 Å². The van der Waals surface area contributed by atoms with E-state index in [0.717, 1.165) is 20.6 Å². The zero-order valence-electron chi connectivity index (χ0n) is 20.2. The molecule has 0 saturated carbocycles. The lowest BCUT2D eigenvalue weighted by Crippen LogP contribution is -2.40. The molecule has 0 aliphatic carbocycles. The van der Waals surface area contributed by atoms with Gasteiger partial charge in [0.2, 0.25) is 10.0 Å². The van der Waals surface area contributed by atoms with Gasteiger partial charge in [-0.25, -0.2) is 13.8 Å². The second-order valence-electron chi connectivity index (χ2n) is 8.26. The molecule has 0 heterocycles. The number of hydrazone groups is 1. The van der Waals surface area contributed by atoms with Gasteiger partial charge >= 0.3 is 0 Å². The van der Waals surface area contributed by atoms with Gasteiger partial charge in [0.15, 0.2) is 0 Å². The van der Waals surface area contributed by atoms with Crippen molar-refractivity contribution in [1.82, 2.24) is 9.73 Å². The van der Waals surface area contributed by atoms with Crippen LogP contribution >= 0.6 is 0 Å². The molecular weight excluding hydrogens is 490 g/mol. The zero-order chi connectivity index (χ0) is 26.3. The molecule has 2 N–H and O–H groups in total. The van der Waals surface area contributed by atoms with Crippen molar-refractivity contribution in [3.63, 3.8) is 0 Å². The Kier molecular flexibility index (Phi) is 8.17. The number of ether oxygens (including phenoxy) is 1. The lowest BCUT2D eigenvalue weighted by atomic mass is 10.0. The molecule has 8 nitrogen and oxygen atoms in total. The van der Waals surface area contributed by atoms with Crippen LogP contribution in [0.25, 0.3) is 10.8 Å². The first-order valence-corrected chi connectivity index (χ1v) is 13.0. The van der Waals surface area contributed by atoms with Crippen LogP contribution in [0.15, 0.2) is 101 Å². The van der Waals surface area contributed by atoms with E-state index in [1.807, 2.05) is 54.6 Å². The zero-order valence-corrected chi connectivity index (χ0v) is 21.1. The number of amides is 1. The summed E-state index contributed by atoms with van der Waals surface area (Å²) in [5.74, 6) is -0.0667. The Morgan fingerprint density at radius 1 is 0.973 bits per heavy atom. The molecule has 0 fully saturated rings. The van der Waals surface area contributed by atoms with E-state index in [0.29, 0.717) is 17.7 Å². The number of carbonyl (C=O) groups excluding carboxylic acids is 1. The predicted octanol–water partition coefficient (Wildman–Crippen LogP) is 3.94. The van der Waals surface area contributed by atoms with E-state index in [4.69, 9.17) is 4.74 Å². The third-order valence-electron chi connectivity index (χ3n) is 5.84. The molecule has 190 valence electrons. The Bertz CT molecular complexity index is 1500. The van der Waals surface area contributed by atoms with Gasteiger partial charge in [0.25, 0.3) is 5.91 Å². The largest absolute Gasteiger partial charge is 0.507 e. The van der Waals surface area contributed by atoms with E-state index in [1.54, 1.807) is 24.3 Å². The summed E-state index contributed by atoms with van der Waals surface area (Å²) in [6.07, 6.45) is 1.78. The number of nitrogens with zero attached hydrogens (tertiary/aromatic N) is 2. The van der Waals surface area contributed by atoms with Crippen molar-refractivity contribution in [3.05, 3.63) is 102 Å². The van der Waals surface area contributed by atoms with Crippen molar-refractivity contribution in [1.29, 1.82) is 0 Å². The molecule has 0 radical (unpaired) electrons. The second-order valence-corrected chi connectivity index (χ2v) is 10.2. The highest BCUT2D eigenvalue weighted by Gasteiger charge is 2.26. The Morgan fingerprint density at radius 2 is 1.68 bits per heavy atom. The van der Waals surface area contributed by atoms with E-state index in [-0.39, 0.29) is 17.2 Å². The number of fused-ring (bicyclic) bond motifs is 1. The molecule has 0 bridgehead atoms. The Balaban J connectivity index is 1.52. The number of benzene rings is 4. The highest BCUT2D eigenvalue weighted by atomic mass is 32.2. The van der Waals surface area contributed by atoms with Gasteiger partial charge in [0.1, 0.15) is 11.5 Å². The van der Waals surface area contributed by atoms with Gasteiger partial charge < -0.3 is 9.84 Å². The maximum absolute atomic E-state index is 13.4. The van der Waals surface area contributed by atoms with E-state index in [2.05, 4.69) is 10.5 Å². The summed E-state index contributed by atoms with van der Waals surface area (Å²) in [5, 5.41) is 15.9. The van der Waals surface area contributed by atoms with Crippen LogP contribution < -0.4 is 10.2 Å². The van der Waals surface area contributed by atoms with Gasteiger partial charge in [-0.1, -0.05) is 60.7 Å². The molecule has 1 amide bonds. The third-order valence-corrected chi connectivity index (χ3v) is 7.70. The minimum Gasteiger partial charge on any atom is -0.507 e. The Morgan fingerprint density at radius 3 is 2.41 bits per heavy atom. The van der Waals surface area contributed by atoms with Gasteiger partial charge in [-0.3, -0.25) is 4.79 Å². The van der Waals surface area contributed by atoms with E-state index in [9.17, 15) is 18.3 Å². The lowest BCUT2D eigenvalue weighted by molar-refractivity contribution is -0.121. The number of hydrogen-bond acceptors (Lipinski definition) is 6. The number of phenols is 1. The fourth-order valence-electron chi connectivity index (χ4n) is 3.86. The molecule has 4 rings (SSSR count). The SMILES string of the molecule is COc1ccc(S(=O)(=O)N(CCc2ccccc2)CC(=O)N/N=C\c2c(O)ccc3ccccc23)cc1. The number of nitrogens with one attached hydrogen (secondary N) is 1. The van der Waals surface area contributed by atoms with Crippen LogP contribution in [0.2, 0.25) is 0 Å². The first-order chi connectivity index (χ1) is 17.9. The van der Waals surface area contributed by atoms with Gasteiger partial charge in [0, 0.05) is 12.1 Å². The quantitative estimate of drug-likeness (QED) is 0.245. The Hall–Kier alpha value is -4.21. The molecule has 4 aromatic rings. The molecule has 0 aliphatic rings. The van der Waals surface area contributed by atoms with Gasteiger partial charge in [-0.15, -0.1) is 0 Å². The molecule has 0 saturated heterocycles. The van der Waals surface area contributed by atoms with Crippen LogP contribution in [-0.2, 0) is 21.2 Å². The number of methoxy groups -OCH3 is 1. The average Bonchev–Trinajstić information content (AvgIpc) is 2.92. The van der Waals surface area contributed by atoms with Gasteiger partial charge in [0.05, 0.1) is 24.8 Å². The monoisotopic (exact) mass is 517 g/mol. The first-order valence-electron chi connectivity index (χ1n) is 11.6. The second kappa shape index (κ2) is 11.7. The number of carbonyl (C=O) groups is 1. The van der Waals surface area contributed by atoms with Crippen LogP contribution in [0.4, 0.5) is 0 Å². The number of aromatic hydroxyl groups is 1. The standard InChI is InChI=1S/C28H27N3O5S/c1-36-23-12-14-24(15-13-23)37(34,35)31(18-17-21-7-3-2-4-8-21)20-28(33)30-29-19-26-25-10-6-5-9-22(25)11-16-27(26)32/h2-16,19,32H,17-18,20H2,1H3,(H,30,33)/b29-19-. The van der Waals surface area contributed by atoms with Crippen LogP contribution in [0.3, 0.4) is 0 Å². The highest BCUT2D eigenvalue weighted by Crippen LogP contribution is 2.25. The molecule has 4 aromatic carbocycles. The Labute approximate surface area is 215 Å². The number of hydrogen-bond donors (Lipinski definition) is 2. The normalized spacial score (nSPS) is 11.7. The molecule has 0 aromatic heterocycles. The van der Waals surface area contributed by atoms with Crippen molar-refractivity contribution in [2.75, 3.05) is 20.2 Å². The van der Waals surface area contributed by atoms with Crippen LogP contribution in [0.5, 0.6) is 11.5 Å². The average molecular weight is 518 g/mol. The van der Waals surface area contributed by atoms with Crippen LogP contribution in [0, 0.1) is 0 Å². The minimum absolute atomic E-state index is 0.0169. The van der Waals surface area contributed by atoms with Crippen molar-refractivity contribution in [2.24, 2.45) is 5.10 Å². The summed E-state index contributed by atoms with van der Waals surface area (Å²) >= 11 is 0. The maximum Gasteiger partial charge on any atom is 0.255 e. The summed E-state index contributed by atoms with van der Waals surface area (Å²) < 4.78 is 33.1. The molecule has 37 heavy (non-hydrogen) atoms. The molecule has 9 heteroatoms. The predicted molar refractivity (Wildman–Crippen MR) is 143 cm³/mol. The first kappa shape index (κ1) is 25.9. The van der Waals surface area contributed by atoms with Crippen LogP contribution in [-0.4, -0.2) is 50.2 Å². The van der Waals surface area contributed by atoms with E-state index < -0.39 is 22.5 Å². The minimum atomic E-state index is -3.98. The maximum atomic E-state index is 13.4. The van der Waals surface area contributed by atoms with Crippen molar-refractivity contribution < 1.29 is 23.1 Å². The number of sulfonamides is 1. The fourth-order valence-corrected chi connectivity index (χ4v) is 5.26. The number of phenolic OH excluding ortho intramolecular Hbond substituents is 1. The van der Waals surface area contributed by atoms with Gasteiger partial charge in [-0.05, 0) is 53.1 Å². The van der Waals surface area contributed by atoms with Gasteiger partial charge in [-0.2, -0.15) is 9.41 Å². The topological polar surface area (TPSA) is 108 Å². The lowest BCUT2D eigenvalue weighted by Gasteiger charge is -2.21. The fraction of sp³-hybridized carbons (Fsp3) is 0.143.